The fourth-order valence-corrected chi connectivity index (χ4v) is 2.09. The Bertz CT molecular complexity index is 79.9. The van der Waals surface area contributed by atoms with Crippen molar-refractivity contribution in [1.29, 1.82) is 0 Å². The van der Waals surface area contributed by atoms with E-state index >= 15 is 0 Å². The van der Waals surface area contributed by atoms with Gasteiger partial charge in [-0.1, -0.05) is 0 Å². The van der Waals surface area contributed by atoms with Crippen LogP contribution in [0.2, 0.25) is 6.04 Å². The van der Waals surface area contributed by atoms with Gasteiger partial charge in [0.2, 0.25) is 0 Å². The van der Waals surface area contributed by atoms with Crippen molar-refractivity contribution in [3.8, 4) is 0 Å². The first-order valence-electron chi connectivity index (χ1n) is 2.79. The maximum atomic E-state index is 8.85. The Kier molecular flexibility index (Phi) is 4.57. The normalized spacial score (nSPS) is 24.7. The van der Waals surface area contributed by atoms with Crippen molar-refractivity contribution < 1.29 is 14.0 Å². The minimum atomic E-state index is -3.09. The molecule has 1 aliphatic heterocycles. The van der Waals surface area contributed by atoms with Crippen LogP contribution in [0.5, 0.6) is 0 Å². The van der Waals surface area contributed by atoms with Crippen molar-refractivity contribution in [2.24, 2.45) is 0 Å². The molecule has 0 radical (unpaired) electrons. The Morgan fingerprint density at radius 2 is 1.89 bits per heavy atom. The van der Waals surface area contributed by atoms with Gasteiger partial charge in [0.1, 0.15) is 0 Å². The summed E-state index contributed by atoms with van der Waals surface area (Å²) in [5.74, 6) is 0. The molecule has 0 saturated carbocycles. The molecule has 5 heteroatoms. The topological polar surface area (TPSA) is 49.7 Å². The molecule has 3 nitrogen and oxygen atoms in total. The first kappa shape index (κ1) is 10.1. The van der Waals surface area contributed by atoms with Crippen LogP contribution in [0.1, 0.15) is 12.8 Å². The third kappa shape index (κ3) is 3.72. The molecule has 2 N–H and O–H groups in total. The number of hydrogen-bond donors (Lipinski definition) is 2. The second-order valence-electron chi connectivity index (χ2n) is 2.05. The van der Waals surface area contributed by atoms with Gasteiger partial charge in [-0.05, 0) is 12.8 Å². The van der Waals surface area contributed by atoms with Crippen molar-refractivity contribution in [3.63, 3.8) is 0 Å². The summed E-state index contributed by atoms with van der Waals surface area (Å²) in [5, 5.41) is 0. The molecule has 0 aliphatic carbocycles. The van der Waals surface area contributed by atoms with Crippen molar-refractivity contribution >= 4 is 38.4 Å². The van der Waals surface area contributed by atoms with Gasteiger partial charge in [-0.2, -0.15) is 0 Å². The van der Waals surface area contributed by atoms with Crippen molar-refractivity contribution in [2.45, 2.75) is 18.9 Å². The van der Waals surface area contributed by atoms with Crippen LogP contribution in [0.4, 0.5) is 0 Å². The summed E-state index contributed by atoms with van der Waals surface area (Å²) in [4.78, 5) is 17.7. The van der Waals surface area contributed by atoms with E-state index in [0.717, 1.165) is 12.8 Å². The van der Waals surface area contributed by atoms with Crippen LogP contribution < -0.4 is 0 Å². The molecule has 9 heavy (non-hydrogen) atoms. The molecular weight excluding hydrogens is 147 g/mol. The average Bonchev–Trinajstić information content (AvgIpc) is 1.65. The predicted molar refractivity (Wildman–Crippen MR) is 37.3 cm³/mol. The molecule has 1 rings (SSSR count). The summed E-state index contributed by atoms with van der Waals surface area (Å²) in [5.41, 5.74) is 0. The van der Waals surface area contributed by atoms with Crippen LogP contribution in [-0.4, -0.2) is 54.6 Å². The molecule has 1 heterocycles. The van der Waals surface area contributed by atoms with E-state index in [1.165, 1.54) is 0 Å². The van der Waals surface area contributed by atoms with Crippen molar-refractivity contribution in [3.05, 3.63) is 0 Å². The fraction of sp³-hybridized carbons (Fsp3) is 1.00. The van der Waals surface area contributed by atoms with Gasteiger partial charge in [0.15, 0.2) is 0 Å². The molecular formula is C4H11NaO3Si. The van der Waals surface area contributed by atoms with E-state index in [1.807, 2.05) is 0 Å². The molecule has 0 unspecified atom stereocenters. The molecule has 0 spiro atoms. The second-order valence-corrected chi connectivity index (χ2v) is 4.32. The third-order valence-corrected chi connectivity index (χ3v) is 2.90. The number of rotatable bonds is 0. The zero-order valence-corrected chi connectivity index (χ0v) is 5.63. The zero-order chi connectivity index (χ0) is 6.04. The van der Waals surface area contributed by atoms with Gasteiger partial charge in [-0.15, -0.1) is 0 Å². The third-order valence-electron chi connectivity index (χ3n) is 1.23. The number of hydrogen-bond acceptors (Lipinski definition) is 3. The summed E-state index contributed by atoms with van der Waals surface area (Å²) in [7, 11) is -3.09. The Morgan fingerprint density at radius 1 is 1.22 bits per heavy atom. The van der Waals surface area contributed by atoms with E-state index in [1.54, 1.807) is 0 Å². The first-order valence-corrected chi connectivity index (χ1v) is 4.80. The molecule has 0 aromatic carbocycles. The first-order chi connectivity index (χ1) is 3.71. The molecule has 0 bridgehead atoms. The second kappa shape index (κ2) is 4.08. The van der Waals surface area contributed by atoms with E-state index in [2.05, 4.69) is 0 Å². The van der Waals surface area contributed by atoms with Gasteiger partial charge in [-0.3, -0.25) is 0 Å². The zero-order valence-electron chi connectivity index (χ0n) is 4.63. The fourth-order valence-electron chi connectivity index (χ4n) is 0.765. The molecule has 0 atom stereocenters. The SMILES string of the molecule is O[Si]1(O)CCCCO1.[NaH]. The summed E-state index contributed by atoms with van der Waals surface area (Å²) in [6.45, 7) is 0.527. The molecule has 0 aromatic rings. The summed E-state index contributed by atoms with van der Waals surface area (Å²) in [6, 6.07) is 0.479. The maximum absolute atomic E-state index is 8.85. The average molecular weight is 158 g/mol. The Labute approximate surface area is 77.7 Å². The molecule has 1 saturated heterocycles. The van der Waals surface area contributed by atoms with Crippen molar-refractivity contribution in [2.75, 3.05) is 6.61 Å². The van der Waals surface area contributed by atoms with Crippen LogP contribution in [0.3, 0.4) is 0 Å². The van der Waals surface area contributed by atoms with Crippen LogP contribution in [-0.2, 0) is 4.43 Å². The van der Waals surface area contributed by atoms with E-state index < -0.39 is 8.80 Å². The van der Waals surface area contributed by atoms with Gasteiger partial charge < -0.3 is 14.0 Å². The van der Waals surface area contributed by atoms with Crippen LogP contribution in [0, 0.1) is 0 Å². The summed E-state index contributed by atoms with van der Waals surface area (Å²) < 4.78 is 4.72. The molecule has 0 amide bonds. The van der Waals surface area contributed by atoms with Gasteiger partial charge in [0.25, 0.3) is 0 Å². The predicted octanol–water partition coefficient (Wildman–Crippen LogP) is -0.928. The molecule has 0 aromatic heterocycles. The van der Waals surface area contributed by atoms with Crippen LogP contribution >= 0.6 is 0 Å². The van der Waals surface area contributed by atoms with E-state index in [0.29, 0.717) is 12.7 Å². The van der Waals surface area contributed by atoms with Crippen molar-refractivity contribution in [1.82, 2.24) is 0 Å². The summed E-state index contributed by atoms with van der Waals surface area (Å²) >= 11 is 0. The minimum absolute atomic E-state index is 0. The van der Waals surface area contributed by atoms with E-state index in [-0.39, 0.29) is 29.6 Å². The molecule has 1 fully saturated rings. The van der Waals surface area contributed by atoms with E-state index in [4.69, 9.17) is 14.0 Å². The van der Waals surface area contributed by atoms with Gasteiger partial charge in [0.05, 0.1) is 0 Å². The quantitative estimate of drug-likeness (QED) is 0.448. The van der Waals surface area contributed by atoms with Crippen LogP contribution in [0.15, 0.2) is 0 Å². The standard InChI is InChI=1S/C4H10O3Si.Na.H/c5-8(6)4-2-1-3-7-8;;/h5-6H,1-4H2;;. The Balaban J connectivity index is 0.000000640. The van der Waals surface area contributed by atoms with Crippen LogP contribution in [0.25, 0.3) is 0 Å². The Morgan fingerprint density at radius 3 is 2.11 bits per heavy atom. The Hall–Kier alpha value is 1.10. The summed E-state index contributed by atoms with van der Waals surface area (Å²) in [6.07, 6.45) is 1.87. The van der Waals surface area contributed by atoms with Gasteiger partial charge in [-0.25, -0.2) is 0 Å². The van der Waals surface area contributed by atoms with Gasteiger partial charge in [0, 0.05) is 12.7 Å². The van der Waals surface area contributed by atoms with Gasteiger partial charge >= 0.3 is 38.4 Å². The molecule has 1 aliphatic rings. The van der Waals surface area contributed by atoms with E-state index in [9.17, 15) is 0 Å². The monoisotopic (exact) mass is 158 g/mol. The molecule has 50 valence electrons.